The van der Waals surface area contributed by atoms with Gasteiger partial charge in [-0.05, 0) is 49.0 Å². The molecule has 0 aliphatic carbocycles. The highest BCUT2D eigenvalue weighted by molar-refractivity contribution is 5.98. The van der Waals surface area contributed by atoms with Gasteiger partial charge in [0.25, 0.3) is 0 Å². The third-order valence-electron chi connectivity index (χ3n) is 4.97. The van der Waals surface area contributed by atoms with E-state index in [0.717, 1.165) is 18.4 Å². The quantitative estimate of drug-likeness (QED) is 0.802. The van der Waals surface area contributed by atoms with Crippen LogP contribution in [-0.4, -0.2) is 52.6 Å². The van der Waals surface area contributed by atoms with Crippen LogP contribution in [0.15, 0.2) is 24.3 Å². The fourth-order valence-corrected chi connectivity index (χ4v) is 3.70. The first-order chi connectivity index (χ1) is 11.5. The molecule has 2 bridgehead atoms. The molecule has 3 aliphatic heterocycles. The Hall–Kier alpha value is -2.34. The Bertz CT molecular complexity index is 684. The molecule has 2 N–H and O–H groups in total. The van der Waals surface area contributed by atoms with Gasteiger partial charge < -0.3 is 14.9 Å². The van der Waals surface area contributed by atoms with Gasteiger partial charge in [0.05, 0.1) is 13.2 Å². The Morgan fingerprint density at radius 1 is 1.29 bits per heavy atom. The van der Waals surface area contributed by atoms with Crippen molar-refractivity contribution >= 4 is 17.8 Å². The molecule has 1 aromatic rings. The molecule has 0 aromatic heterocycles. The molecule has 1 aromatic carbocycles. The van der Waals surface area contributed by atoms with Gasteiger partial charge in [-0.25, -0.2) is 0 Å². The van der Waals surface area contributed by atoms with E-state index in [0.29, 0.717) is 24.6 Å². The lowest BCUT2D eigenvalue weighted by Crippen LogP contribution is -2.59. The number of carboxylic acid groups (broad SMARTS) is 1. The standard InChI is InChI=1S/C18H21NO5/c1-24-17-10-11(3-5-16(17)21)2-4-15(20)13-8-12-6-7-19(13)14(9-12)18(22)23/h2-5,10,12-14,21H,6-9H2,1H3,(H,22,23)/b4-2+. The van der Waals surface area contributed by atoms with Gasteiger partial charge in [0.15, 0.2) is 17.3 Å². The number of aromatic hydroxyl groups is 1. The van der Waals surface area contributed by atoms with Crippen molar-refractivity contribution in [3.05, 3.63) is 29.8 Å². The van der Waals surface area contributed by atoms with E-state index >= 15 is 0 Å². The summed E-state index contributed by atoms with van der Waals surface area (Å²) < 4.78 is 5.05. The second-order valence-corrected chi connectivity index (χ2v) is 6.40. The van der Waals surface area contributed by atoms with E-state index in [9.17, 15) is 19.8 Å². The molecular weight excluding hydrogens is 310 g/mol. The third-order valence-corrected chi connectivity index (χ3v) is 4.97. The summed E-state index contributed by atoms with van der Waals surface area (Å²) in [6.45, 7) is 0.666. The number of hydrogen-bond acceptors (Lipinski definition) is 5. The zero-order valence-corrected chi connectivity index (χ0v) is 13.5. The highest BCUT2D eigenvalue weighted by Crippen LogP contribution is 2.36. The Balaban J connectivity index is 1.74. The third kappa shape index (κ3) is 3.14. The number of carbonyl (C=O) groups is 2. The van der Waals surface area contributed by atoms with Crippen LogP contribution in [0.25, 0.3) is 6.08 Å². The number of methoxy groups -OCH3 is 1. The number of carboxylic acids is 1. The molecular formula is C18H21NO5. The number of hydrogen-bond donors (Lipinski definition) is 2. The van der Waals surface area contributed by atoms with Crippen molar-refractivity contribution in [2.75, 3.05) is 13.7 Å². The highest BCUT2D eigenvalue weighted by Gasteiger charge is 2.45. The number of carbonyl (C=O) groups excluding carboxylic acids is 1. The molecule has 0 spiro atoms. The minimum atomic E-state index is -0.843. The summed E-state index contributed by atoms with van der Waals surface area (Å²) in [5.74, 6) is -0.216. The second kappa shape index (κ2) is 6.65. The average molecular weight is 331 g/mol. The van der Waals surface area contributed by atoms with E-state index in [2.05, 4.69) is 0 Å². The van der Waals surface area contributed by atoms with E-state index < -0.39 is 12.0 Å². The summed E-state index contributed by atoms with van der Waals surface area (Å²) in [5, 5.41) is 18.9. The predicted molar refractivity (Wildman–Crippen MR) is 88.0 cm³/mol. The van der Waals surface area contributed by atoms with Gasteiger partial charge in [-0.2, -0.15) is 0 Å². The number of benzene rings is 1. The van der Waals surface area contributed by atoms with Crippen molar-refractivity contribution in [1.82, 2.24) is 4.90 Å². The molecule has 4 atom stereocenters. The molecule has 6 heteroatoms. The Morgan fingerprint density at radius 2 is 2.04 bits per heavy atom. The van der Waals surface area contributed by atoms with Crippen LogP contribution in [-0.2, 0) is 9.59 Å². The molecule has 3 saturated heterocycles. The lowest BCUT2D eigenvalue weighted by molar-refractivity contribution is -0.152. The zero-order chi connectivity index (χ0) is 17.3. The Labute approximate surface area is 140 Å². The van der Waals surface area contributed by atoms with Gasteiger partial charge in [-0.1, -0.05) is 12.1 Å². The van der Waals surface area contributed by atoms with Crippen molar-refractivity contribution in [2.45, 2.75) is 31.3 Å². The summed E-state index contributed by atoms with van der Waals surface area (Å²) in [6, 6.07) is 3.94. The van der Waals surface area contributed by atoms with Crippen molar-refractivity contribution in [3.8, 4) is 11.5 Å². The van der Waals surface area contributed by atoms with Crippen LogP contribution in [0.4, 0.5) is 0 Å². The molecule has 128 valence electrons. The SMILES string of the molecule is COc1cc(/C=C/C(=O)C2CC3CCN2C(C(=O)O)C3)ccc1O. The van der Waals surface area contributed by atoms with Gasteiger partial charge in [0.2, 0.25) is 0 Å². The van der Waals surface area contributed by atoms with Gasteiger partial charge in [-0.3, -0.25) is 14.5 Å². The Kier molecular flexibility index (Phi) is 4.57. The first kappa shape index (κ1) is 16.5. The fourth-order valence-electron chi connectivity index (χ4n) is 3.70. The molecule has 4 rings (SSSR count). The number of ether oxygens (including phenoxy) is 1. The molecule has 0 saturated carbocycles. The van der Waals surface area contributed by atoms with E-state index in [4.69, 9.17) is 4.74 Å². The summed E-state index contributed by atoms with van der Waals surface area (Å²) >= 11 is 0. The summed E-state index contributed by atoms with van der Waals surface area (Å²) in [4.78, 5) is 25.8. The fraction of sp³-hybridized carbons (Fsp3) is 0.444. The van der Waals surface area contributed by atoms with Crippen LogP contribution in [0.5, 0.6) is 11.5 Å². The number of phenolic OH excluding ortho intramolecular Hbond substituents is 1. The van der Waals surface area contributed by atoms with Crippen LogP contribution in [0, 0.1) is 5.92 Å². The summed E-state index contributed by atoms with van der Waals surface area (Å²) in [7, 11) is 1.46. The van der Waals surface area contributed by atoms with Crippen molar-refractivity contribution in [3.63, 3.8) is 0 Å². The van der Waals surface area contributed by atoms with Crippen molar-refractivity contribution < 1.29 is 24.5 Å². The normalized spacial score (nSPS) is 28.9. The minimum absolute atomic E-state index is 0.0426. The van der Waals surface area contributed by atoms with Gasteiger partial charge in [0, 0.05) is 6.54 Å². The first-order valence-corrected chi connectivity index (χ1v) is 8.07. The molecule has 0 amide bonds. The van der Waals surface area contributed by atoms with Crippen LogP contribution < -0.4 is 4.74 Å². The van der Waals surface area contributed by atoms with E-state index in [1.807, 2.05) is 4.90 Å². The van der Waals surface area contributed by atoms with Crippen LogP contribution >= 0.6 is 0 Å². The van der Waals surface area contributed by atoms with Crippen molar-refractivity contribution in [1.29, 1.82) is 0 Å². The molecule has 3 aliphatic rings. The van der Waals surface area contributed by atoms with E-state index in [1.165, 1.54) is 19.3 Å². The van der Waals surface area contributed by atoms with Crippen molar-refractivity contribution in [2.24, 2.45) is 5.92 Å². The maximum atomic E-state index is 12.5. The molecule has 4 unspecified atom stereocenters. The lowest BCUT2D eigenvalue weighted by Gasteiger charge is -2.47. The first-order valence-electron chi connectivity index (χ1n) is 8.07. The van der Waals surface area contributed by atoms with Crippen LogP contribution in [0.1, 0.15) is 24.8 Å². The number of piperidine rings is 3. The molecule has 6 nitrogen and oxygen atoms in total. The number of rotatable bonds is 5. The highest BCUT2D eigenvalue weighted by atomic mass is 16.5. The maximum absolute atomic E-state index is 12.5. The van der Waals surface area contributed by atoms with Crippen LogP contribution in [0.3, 0.4) is 0 Å². The molecule has 24 heavy (non-hydrogen) atoms. The number of aliphatic carboxylic acids is 1. The number of nitrogens with zero attached hydrogens (tertiary/aromatic N) is 1. The lowest BCUT2D eigenvalue weighted by atomic mass is 9.77. The Morgan fingerprint density at radius 3 is 2.71 bits per heavy atom. The average Bonchev–Trinajstić information content (AvgIpc) is 2.60. The smallest absolute Gasteiger partial charge is 0.320 e. The van der Waals surface area contributed by atoms with Gasteiger partial charge in [-0.15, -0.1) is 0 Å². The number of fused-ring (bicyclic) bond motifs is 3. The molecule has 3 heterocycles. The number of ketones is 1. The van der Waals surface area contributed by atoms with E-state index in [1.54, 1.807) is 18.2 Å². The van der Waals surface area contributed by atoms with Crippen LogP contribution in [0.2, 0.25) is 0 Å². The van der Waals surface area contributed by atoms with Gasteiger partial charge in [0.1, 0.15) is 6.04 Å². The minimum Gasteiger partial charge on any atom is -0.504 e. The molecule has 0 radical (unpaired) electrons. The monoisotopic (exact) mass is 331 g/mol. The summed E-state index contributed by atoms with van der Waals surface area (Å²) in [6.07, 6.45) is 5.50. The predicted octanol–water partition coefficient (Wildman–Crippen LogP) is 1.92. The van der Waals surface area contributed by atoms with E-state index in [-0.39, 0.29) is 17.6 Å². The van der Waals surface area contributed by atoms with Gasteiger partial charge >= 0.3 is 5.97 Å². The largest absolute Gasteiger partial charge is 0.504 e. The second-order valence-electron chi connectivity index (χ2n) is 6.40. The molecule has 3 fully saturated rings. The zero-order valence-electron chi connectivity index (χ0n) is 13.5. The topological polar surface area (TPSA) is 87.1 Å². The maximum Gasteiger partial charge on any atom is 0.320 e. The number of phenols is 1. The summed E-state index contributed by atoms with van der Waals surface area (Å²) in [5.41, 5.74) is 0.740.